The van der Waals surface area contributed by atoms with Crippen LogP contribution < -0.4 is 0 Å². The molecule has 3 heteroatoms. The molecule has 0 aliphatic heterocycles. The van der Waals surface area contributed by atoms with Crippen LogP contribution in [0.25, 0.3) is 0 Å². The summed E-state index contributed by atoms with van der Waals surface area (Å²) in [6.45, 7) is 6.12. The number of benzene rings is 1. The van der Waals surface area contributed by atoms with Gasteiger partial charge in [-0.2, -0.15) is 0 Å². The predicted molar refractivity (Wildman–Crippen MR) is 99.0 cm³/mol. The van der Waals surface area contributed by atoms with Crippen LogP contribution in [-0.2, 0) is 6.42 Å². The molecular weight excluding hydrogens is 346 g/mol. The Hall–Kier alpha value is -1.04. The van der Waals surface area contributed by atoms with Gasteiger partial charge in [-0.1, -0.05) is 52.2 Å². The second kappa shape index (κ2) is 11.6. The Bertz CT molecular complexity index is 514. The quantitative estimate of drug-likeness (QED) is 0.272. The lowest BCUT2D eigenvalue weighted by Gasteiger charge is -2.10. The number of aryl methyl sites for hydroxylation is 1. The molecule has 0 bridgehead atoms. The van der Waals surface area contributed by atoms with E-state index < -0.39 is 0 Å². The summed E-state index contributed by atoms with van der Waals surface area (Å²) in [5, 5.41) is 7.81. The average molecular weight is 369 g/mol. The highest BCUT2D eigenvalue weighted by Crippen LogP contribution is 2.30. The number of allylic oxidation sites excluding steroid dienone is 2. The fraction of sp³-hybridized carbons (Fsp3) is 0.389. The highest BCUT2D eigenvalue weighted by molar-refractivity contribution is 9.09. The van der Waals surface area contributed by atoms with E-state index >= 15 is 0 Å². The van der Waals surface area contributed by atoms with Gasteiger partial charge in [0, 0.05) is 16.6 Å². The molecule has 2 rings (SSSR count). The number of halogens is 2. The Morgan fingerprint density at radius 3 is 2.57 bits per heavy atom. The van der Waals surface area contributed by atoms with Crippen LogP contribution in [0.2, 0.25) is 5.02 Å². The highest BCUT2D eigenvalue weighted by atomic mass is 79.9. The molecule has 0 spiro atoms. The lowest BCUT2D eigenvalue weighted by molar-refractivity contribution is 0.939. The van der Waals surface area contributed by atoms with Crippen LogP contribution in [0.3, 0.4) is 0 Å². The smallest absolute Gasteiger partial charge is 0.0408 e. The van der Waals surface area contributed by atoms with Gasteiger partial charge in [0.25, 0.3) is 0 Å². The molecule has 1 aromatic rings. The first-order chi connectivity index (χ1) is 9.99. The summed E-state index contributed by atoms with van der Waals surface area (Å²) in [6, 6.07) is 6.27. The van der Waals surface area contributed by atoms with Gasteiger partial charge in [-0.15, -0.1) is 12.3 Å². The Morgan fingerprint density at radius 2 is 2.05 bits per heavy atom. The molecule has 0 heterocycles. The number of hydrogen-bond donors (Lipinski definition) is 1. The first kappa shape index (κ1) is 20.0. The molecule has 0 radical (unpaired) electrons. The molecule has 0 saturated heterocycles. The van der Waals surface area contributed by atoms with Gasteiger partial charge in [0.05, 0.1) is 0 Å². The molecule has 1 aliphatic rings. The topological polar surface area (TPSA) is 23.9 Å². The molecule has 0 amide bonds. The zero-order valence-corrected chi connectivity index (χ0v) is 15.3. The summed E-state index contributed by atoms with van der Waals surface area (Å²) in [6.07, 6.45) is 10.5. The Labute approximate surface area is 142 Å². The van der Waals surface area contributed by atoms with E-state index in [1.807, 2.05) is 6.07 Å². The second-order valence-corrected chi connectivity index (χ2v) is 5.88. The summed E-state index contributed by atoms with van der Waals surface area (Å²) in [7, 11) is 0. The van der Waals surface area contributed by atoms with Crippen LogP contribution in [0.5, 0.6) is 0 Å². The molecule has 0 fully saturated rings. The minimum Gasteiger partial charge on any atom is -0.312 e. The Morgan fingerprint density at radius 1 is 1.48 bits per heavy atom. The van der Waals surface area contributed by atoms with Gasteiger partial charge in [-0.25, -0.2) is 0 Å². The monoisotopic (exact) mass is 367 g/mol. The molecule has 1 aliphatic carbocycles. The van der Waals surface area contributed by atoms with E-state index in [1.165, 1.54) is 22.9 Å². The van der Waals surface area contributed by atoms with Crippen molar-refractivity contribution in [3.8, 4) is 12.3 Å². The van der Waals surface area contributed by atoms with Crippen molar-refractivity contribution in [3.05, 3.63) is 46.0 Å². The molecule has 1 N–H and O–H groups in total. The van der Waals surface area contributed by atoms with Crippen molar-refractivity contribution < 1.29 is 0 Å². The summed E-state index contributed by atoms with van der Waals surface area (Å²) in [5.41, 5.74) is 4.34. The molecular formula is C18H23BrClN. The van der Waals surface area contributed by atoms with Gasteiger partial charge < -0.3 is 5.41 Å². The van der Waals surface area contributed by atoms with Crippen LogP contribution in [0, 0.1) is 17.8 Å². The van der Waals surface area contributed by atoms with Gasteiger partial charge in [0.15, 0.2) is 0 Å². The van der Waals surface area contributed by atoms with Crippen molar-refractivity contribution >= 4 is 33.7 Å². The summed E-state index contributed by atoms with van der Waals surface area (Å²) >= 11 is 9.00. The molecule has 1 atom stereocenters. The molecule has 0 saturated carbocycles. The Kier molecular flexibility index (Phi) is 11.0. The maximum Gasteiger partial charge on any atom is 0.0408 e. The number of nitrogens with one attached hydrogen (secondary N) is 1. The van der Waals surface area contributed by atoms with E-state index in [1.54, 1.807) is 6.92 Å². The molecule has 21 heavy (non-hydrogen) atoms. The van der Waals surface area contributed by atoms with E-state index in [0.29, 0.717) is 11.2 Å². The zero-order chi connectivity index (χ0) is 16.3. The van der Waals surface area contributed by atoms with Crippen molar-refractivity contribution in [1.82, 2.24) is 0 Å². The summed E-state index contributed by atoms with van der Waals surface area (Å²) in [5.74, 6) is 2.78. The fourth-order valence-corrected chi connectivity index (χ4v) is 2.36. The van der Waals surface area contributed by atoms with E-state index in [0.717, 1.165) is 17.9 Å². The maximum atomic E-state index is 6.28. The number of rotatable bonds is 1. The fourth-order valence-electron chi connectivity index (χ4n) is 2.17. The number of terminal acetylenes is 1. The van der Waals surface area contributed by atoms with Crippen LogP contribution >= 0.6 is 27.5 Å². The SMILES string of the molecule is C#CC.CC1=CC(C)c2ccc(Cl)cc2CC1.N=CCBr. The minimum absolute atomic E-state index is 0.532. The zero-order valence-electron chi connectivity index (χ0n) is 12.9. The normalized spacial score (nSPS) is 15.6. The van der Waals surface area contributed by atoms with Gasteiger partial charge in [-0.3, -0.25) is 0 Å². The molecule has 0 aromatic heterocycles. The largest absolute Gasteiger partial charge is 0.312 e. The van der Waals surface area contributed by atoms with Crippen molar-refractivity contribution in [1.29, 1.82) is 5.41 Å². The van der Waals surface area contributed by atoms with Crippen LogP contribution in [0.15, 0.2) is 29.8 Å². The molecule has 1 nitrogen and oxygen atoms in total. The van der Waals surface area contributed by atoms with Crippen LogP contribution in [0.4, 0.5) is 0 Å². The molecule has 1 unspecified atom stereocenters. The standard InChI is InChI=1S/C13H15Cl.C3H4.C2H4BrN/c1-9-3-4-11-8-12(14)5-6-13(11)10(2)7-9;1-3-2;3-1-2-4/h5-8,10H,3-4H2,1-2H3;1H,2H3;2,4H,1H2. The summed E-state index contributed by atoms with van der Waals surface area (Å²) < 4.78 is 0. The van der Waals surface area contributed by atoms with Crippen molar-refractivity contribution in [3.63, 3.8) is 0 Å². The van der Waals surface area contributed by atoms with E-state index in [4.69, 9.17) is 17.0 Å². The van der Waals surface area contributed by atoms with Crippen LogP contribution in [0.1, 0.15) is 44.2 Å². The Balaban J connectivity index is 0.000000486. The second-order valence-electron chi connectivity index (χ2n) is 4.79. The third kappa shape index (κ3) is 8.09. The van der Waals surface area contributed by atoms with Crippen LogP contribution in [-0.4, -0.2) is 11.5 Å². The van der Waals surface area contributed by atoms with Crippen molar-refractivity contribution in [2.45, 2.75) is 39.5 Å². The third-order valence-electron chi connectivity index (χ3n) is 3.00. The van der Waals surface area contributed by atoms with Gasteiger partial charge in [-0.05, 0) is 55.9 Å². The first-order valence-electron chi connectivity index (χ1n) is 6.88. The third-order valence-corrected chi connectivity index (χ3v) is 3.55. The maximum absolute atomic E-state index is 6.28. The van der Waals surface area contributed by atoms with E-state index in [2.05, 4.69) is 60.3 Å². The summed E-state index contributed by atoms with van der Waals surface area (Å²) in [4.78, 5) is 0. The lowest BCUT2D eigenvalue weighted by atomic mass is 9.96. The number of hydrogen-bond acceptors (Lipinski definition) is 1. The number of alkyl halides is 1. The molecule has 114 valence electrons. The van der Waals surface area contributed by atoms with Gasteiger partial charge in [0.2, 0.25) is 0 Å². The van der Waals surface area contributed by atoms with Crippen molar-refractivity contribution in [2.75, 3.05) is 5.33 Å². The molecule has 1 aromatic carbocycles. The average Bonchev–Trinajstić information content (AvgIpc) is 2.59. The first-order valence-corrected chi connectivity index (χ1v) is 8.37. The highest BCUT2D eigenvalue weighted by Gasteiger charge is 2.13. The van der Waals surface area contributed by atoms with E-state index in [-0.39, 0.29) is 0 Å². The van der Waals surface area contributed by atoms with Gasteiger partial charge in [0.1, 0.15) is 0 Å². The van der Waals surface area contributed by atoms with Crippen molar-refractivity contribution in [2.24, 2.45) is 0 Å². The van der Waals surface area contributed by atoms with E-state index in [9.17, 15) is 0 Å². The minimum atomic E-state index is 0.532. The van der Waals surface area contributed by atoms with Gasteiger partial charge >= 0.3 is 0 Å². The number of fused-ring (bicyclic) bond motifs is 1. The lowest BCUT2D eigenvalue weighted by Crippen LogP contribution is -1.94. The predicted octanol–water partition coefficient (Wildman–Crippen LogP) is 6.01.